The number of anilines is 1. The smallest absolute Gasteiger partial charge is 0.196 e. The Bertz CT molecular complexity index is 1410. The van der Waals surface area contributed by atoms with Gasteiger partial charge in [0.2, 0.25) is 0 Å². The molecule has 9 nitrogen and oxygen atoms in total. The molecule has 0 radical (unpaired) electrons. The number of hydrogen-bond acceptors (Lipinski definition) is 8. The molecule has 0 aliphatic heterocycles. The summed E-state index contributed by atoms with van der Waals surface area (Å²) < 4.78 is 9.40. The van der Waals surface area contributed by atoms with Gasteiger partial charge in [0.05, 0.1) is 13.4 Å². The second-order valence-electron chi connectivity index (χ2n) is 7.78. The van der Waals surface area contributed by atoms with E-state index in [0.29, 0.717) is 11.3 Å². The zero-order valence-electron chi connectivity index (χ0n) is 18.9. The minimum Gasteiger partial charge on any atom is -0.497 e. The lowest BCUT2D eigenvalue weighted by molar-refractivity contribution is 0.415. The number of aryl methyl sites for hydroxylation is 2. The number of ether oxygens (including phenoxy) is 1. The van der Waals surface area contributed by atoms with Gasteiger partial charge >= 0.3 is 0 Å². The lowest BCUT2D eigenvalue weighted by atomic mass is 10.2. The first-order chi connectivity index (χ1) is 16.6. The third-order valence-corrected chi connectivity index (χ3v) is 6.49. The van der Waals surface area contributed by atoms with Crippen LogP contribution in [0.25, 0.3) is 28.2 Å². The molecule has 0 spiro atoms. The quantitative estimate of drug-likeness (QED) is 0.265. The van der Waals surface area contributed by atoms with Gasteiger partial charge in [-0.15, -0.1) is 10.2 Å². The molecular formula is C24H24N8OS. The number of fused-ring (bicyclic) bond motifs is 1. The van der Waals surface area contributed by atoms with Crippen molar-refractivity contribution in [1.82, 2.24) is 34.3 Å². The molecule has 5 aromatic rings. The SMILES string of the molecule is COc1ccc(-c2nnc(SCCCn3cnc4c(N)ncnc43)n2-c2ccc(C)cc2)cc1. The molecule has 0 bridgehead atoms. The first-order valence-electron chi connectivity index (χ1n) is 10.8. The molecule has 0 aliphatic rings. The predicted molar refractivity (Wildman–Crippen MR) is 133 cm³/mol. The van der Waals surface area contributed by atoms with Crippen molar-refractivity contribution in [2.45, 2.75) is 25.0 Å². The summed E-state index contributed by atoms with van der Waals surface area (Å²) >= 11 is 1.67. The van der Waals surface area contributed by atoms with Gasteiger partial charge in [0.1, 0.15) is 17.6 Å². The highest BCUT2D eigenvalue weighted by molar-refractivity contribution is 7.99. The second-order valence-corrected chi connectivity index (χ2v) is 8.84. The van der Waals surface area contributed by atoms with Crippen molar-refractivity contribution in [2.24, 2.45) is 0 Å². The summed E-state index contributed by atoms with van der Waals surface area (Å²) in [6.45, 7) is 2.85. The minimum absolute atomic E-state index is 0.399. The fourth-order valence-electron chi connectivity index (χ4n) is 3.68. The maximum absolute atomic E-state index is 5.89. The number of nitrogens with zero attached hydrogens (tertiary/aromatic N) is 7. The average Bonchev–Trinajstić information content (AvgIpc) is 3.48. The van der Waals surface area contributed by atoms with Crippen molar-refractivity contribution in [3.63, 3.8) is 0 Å². The third kappa shape index (κ3) is 4.32. The van der Waals surface area contributed by atoms with Crippen molar-refractivity contribution in [3.05, 3.63) is 66.7 Å². The predicted octanol–water partition coefficient (Wildman–Crippen LogP) is 4.16. The molecule has 0 aliphatic carbocycles. The van der Waals surface area contributed by atoms with Crippen LogP contribution < -0.4 is 10.5 Å². The van der Waals surface area contributed by atoms with Crippen molar-refractivity contribution < 1.29 is 4.74 Å². The van der Waals surface area contributed by atoms with Gasteiger partial charge in [0.15, 0.2) is 22.4 Å². The number of methoxy groups -OCH3 is 1. The molecule has 3 aromatic heterocycles. The van der Waals surface area contributed by atoms with Crippen LogP contribution in [0.3, 0.4) is 0 Å². The number of hydrogen-bond donors (Lipinski definition) is 1. The topological polar surface area (TPSA) is 110 Å². The summed E-state index contributed by atoms with van der Waals surface area (Å²) in [5.74, 6) is 2.85. The Morgan fingerprint density at radius 1 is 0.971 bits per heavy atom. The molecular weight excluding hydrogens is 448 g/mol. The van der Waals surface area contributed by atoms with E-state index >= 15 is 0 Å². The Kier molecular flexibility index (Phi) is 6.13. The zero-order chi connectivity index (χ0) is 23.5. The molecule has 2 N–H and O–H groups in total. The molecule has 172 valence electrons. The highest BCUT2D eigenvalue weighted by atomic mass is 32.2. The van der Waals surface area contributed by atoms with Crippen LogP contribution in [0, 0.1) is 6.92 Å². The molecule has 0 saturated carbocycles. The Morgan fingerprint density at radius 2 is 1.76 bits per heavy atom. The van der Waals surface area contributed by atoms with Gasteiger partial charge < -0.3 is 15.0 Å². The van der Waals surface area contributed by atoms with E-state index < -0.39 is 0 Å². The van der Waals surface area contributed by atoms with Crippen LogP contribution in [0.2, 0.25) is 0 Å². The van der Waals surface area contributed by atoms with E-state index in [9.17, 15) is 0 Å². The summed E-state index contributed by atoms with van der Waals surface area (Å²) in [7, 11) is 1.66. The van der Waals surface area contributed by atoms with Crippen molar-refractivity contribution in [1.29, 1.82) is 0 Å². The Hall–Kier alpha value is -3.92. The molecule has 5 rings (SSSR count). The van der Waals surface area contributed by atoms with E-state index in [1.54, 1.807) is 25.2 Å². The van der Waals surface area contributed by atoms with Crippen LogP contribution in [0.15, 0.2) is 66.3 Å². The lowest BCUT2D eigenvalue weighted by Crippen LogP contribution is -2.02. The van der Waals surface area contributed by atoms with Gasteiger partial charge in [-0.2, -0.15) is 0 Å². The van der Waals surface area contributed by atoms with Crippen LogP contribution in [-0.4, -0.2) is 47.1 Å². The minimum atomic E-state index is 0.399. The summed E-state index contributed by atoms with van der Waals surface area (Å²) in [6, 6.07) is 16.2. The maximum atomic E-state index is 5.89. The molecule has 10 heteroatoms. The van der Waals surface area contributed by atoms with Crippen LogP contribution in [0.5, 0.6) is 5.75 Å². The van der Waals surface area contributed by atoms with Crippen molar-refractivity contribution in [3.8, 4) is 22.8 Å². The van der Waals surface area contributed by atoms with Gasteiger partial charge in [-0.05, 0) is 49.7 Å². The highest BCUT2D eigenvalue weighted by Crippen LogP contribution is 2.29. The number of nitrogens with two attached hydrogens (primary N) is 1. The van der Waals surface area contributed by atoms with Crippen LogP contribution in [0.4, 0.5) is 5.82 Å². The average molecular weight is 473 g/mol. The molecule has 0 saturated heterocycles. The Morgan fingerprint density at radius 3 is 2.53 bits per heavy atom. The Balaban J connectivity index is 1.36. The number of aromatic nitrogens is 7. The van der Waals surface area contributed by atoms with Gasteiger partial charge in [0.25, 0.3) is 0 Å². The molecule has 0 fully saturated rings. The van der Waals surface area contributed by atoms with E-state index in [1.807, 2.05) is 28.8 Å². The summed E-state index contributed by atoms with van der Waals surface area (Å²) in [4.78, 5) is 12.7. The van der Waals surface area contributed by atoms with Gasteiger partial charge in [-0.1, -0.05) is 29.5 Å². The van der Waals surface area contributed by atoms with Gasteiger partial charge in [0, 0.05) is 23.5 Å². The normalized spacial score (nSPS) is 11.2. The number of thioether (sulfide) groups is 1. The van der Waals surface area contributed by atoms with E-state index in [2.05, 4.69) is 60.9 Å². The van der Waals surface area contributed by atoms with E-state index in [-0.39, 0.29) is 0 Å². The molecule has 34 heavy (non-hydrogen) atoms. The number of benzene rings is 2. The van der Waals surface area contributed by atoms with Crippen LogP contribution in [0.1, 0.15) is 12.0 Å². The maximum Gasteiger partial charge on any atom is 0.196 e. The summed E-state index contributed by atoms with van der Waals surface area (Å²) in [6.07, 6.45) is 4.13. The molecule has 0 amide bonds. The van der Waals surface area contributed by atoms with E-state index in [4.69, 9.17) is 10.5 Å². The molecule has 3 heterocycles. The largest absolute Gasteiger partial charge is 0.497 e. The van der Waals surface area contributed by atoms with Crippen molar-refractivity contribution in [2.75, 3.05) is 18.6 Å². The van der Waals surface area contributed by atoms with Crippen LogP contribution in [-0.2, 0) is 6.54 Å². The molecule has 0 atom stereocenters. The monoisotopic (exact) mass is 472 g/mol. The number of rotatable bonds is 8. The third-order valence-electron chi connectivity index (χ3n) is 5.48. The summed E-state index contributed by atoms with van der Waals surface area (Å²) in [5.41, 5.74) is 10.5. The van der Waals surface area contributed by atoms with Crippen molar-refractivity contribution >= 4 is 28.7 Å². The number of nitrogen functional groups attached to an aromatic ring is 1. The van der Waals surface area contributed by atoms with E-state index in [0.717, 1.165) is 52.3 Å². The fraction of sp³-hybridized carbons (Fsp3) is 0.208. The molecule has 2 aromatic carbocycles. The summed E-state index contributed by atoms with van der Waals surface area (Å²) in [5, 5.41) is 9.89. The standard InChI is InChI=1S/C24H24N8OS/c1-16-4-8-18(9-5-16)32-22(17-6-10-19(33-2)11-7-17)29-30-24(32)34-13-3-12-31-15-28-20-21(25)26-14-27-23(20)31/h4-11,14-15H,3,12-13H2,1-2H3,(H2,25,26,27). The zero-order valence-corrected chi connectivity index (χ0v) is 19.7. The number of imidazole rings is 1. The van der Waals surface area contributed by atoms with Crippen LogP contribution >= 0.6 is 11.8 Å². The first-order valence-corrected chi connectivity index (χ1v) is 11.8. The first kappa shape index (κ1) is 21.9. The molecule has 0 unspecified atom stereocenters. The lowest BCUT2D eigenvalue weighted by Gasteiger charge is -2.11. The highest BCUT2D eigenvalue weighted by Gasteiger charge is 2.16. The Labute approximate surface area is 201 Å². The fourth-order valence-corrected chi connectivity index (χ4v) is 4.55. The second kappa shape index (κ2) is 9.52. The van der Waals surface area contributed by atoms with Gasteiger partial charge in [-0.3, -0.25) is 4.57 Å². The van der Waals surface area contributed by atoms with Gasteiger partial charge in [-0.25, -0.2) is 15.0 Å². The van der Waals surface area contributed by atoms with E-state index in [1.165, 1.54) is 11.9 Å².